The maximum absolute atomic E-state index is 10.6. The van der Waals surface area contributed by atoms with Gasteiger partial charge in [-0.05, 0) is 0 Å². The molecule has 76 valence electrons. The molecular weight excluding hydrogens is 176 g/mol. The van der Waals surface area contributed by atoms with Gasteiger partial charge in [0.25, 0.3) is 0 Å². The van der Waals surface area contributed by atoms with Gasteiger partial charge in [0.15, 0.2) is 12.4 Å². The van der Waals surface area contributed by atoms with Crippen molar-refractivity contribution >= 4 is 5.97 Å². The fraction of sp³-hybridized carbons (Fsp3) is 0.875. The fourth-order valence-corrected chi connectivity index (χ4v) is 1.51. The maximum atomic E-state index is 10.6. The number of hydrogen-bond acceptors (Lipinski definition) is 4. The van der Waals surface area contributed by atoms with E-state index in [9.17, 15) is 15.0 Å². The first kappa shape index (κ1) is 10.4. The third kappa shape index (κ3) is 1.82. The van der Waals surface area contributed by atoms with Gasteiger partial charge in [0.1, 0.15) is 0 Å². The lowest BCUT2D eigenvalue weighted by atomic mass is 9.86. The van der Waals surface area contributed by atoms with Gasteiger partial charge in [0.05, 0.1) is 6.10 Å². The Morgan fingerprint density at radius 2 is 1.77 bits per heavy atom. The van der Waals surface area contributed by atoms with E-state index in [4.69, 9.17) is 9.84 Å². The Labute approximate surface area is 75.9 Å². The Morgan fingerprint density at radius 1 is 1.23 bits per heavy atom. The molecule has 3 N–H and O–H groups in total. The molecule has 5 atom stereocenters. The number of aliphatic hydroxyl groups is 2. The standard InChI is InChI=1S/C8H14O5/c1-3-5(9)4(2)8(12)13-6(3)7(10)11/h3-6,8-9,12H,1-2H3,(H,10,11)/t3-,4+,5-,6-,8+/m0/s1. The number of aliphatic carboxylic acids is 1. The Balaban J connectivity index is 2.76. The van der Waals surface area contributed by atoms with Crippen LogP contribution in [0.2, 0.25) is 0 Å². The molecule has 13 heavy (non-hydrogen) atoms. The first-order valence-corrected chi connectivity index (χ1v) is 4.19. The van der Waals surface area contributed by atoms with E-state index >= 15 is 0 Å². The third-order valence-electron chi connectivity index (χ3n) is 2.53. The number of rotatable bonds is 1. The van der Waals surface area contributed by atoms with Crippen LogP contribution in [-0.4, -0.2) is 39.8 Å². The first-order valence-electron chi connectivity index (χ1n) is 4.19. The van der Waals surface area contributed by atoms with Gasteiger partial charge in [0, 0.05) is 11.8 Å². The monoisotopic (exact) mass is 190 g/mol. The number of hydrogen-bond donors (Lipinski definition) is 3. The molecule has 1 fully saturated rings. The van der Waals surface area contributed by atoms with Crippen LogP contribution in [0, 0.1) is 11.8 Å². The summed E-state index contributed by atoms with van der Waals surface area (Å²) in [6.45, 7) is 3.20. The zero-order valence-electron chi connectivity index (χ0n) is 7.54. The summed E-state index contributed by atoms with van der Waals surface area (Å²) < 4.78 is 4.84. The number of carbonyl (C=O) groups is 1. The van der Waals surface area contributed by atoms with Crippen molar-refractivity contribution in [3.63, 3.8) is 0 Å². The van der Waals surface area contributed by atoms with Crippen LogP contribution in [0.3, 0.4) is 0 Å². The summed E-state index contributed by atoms with van der Waals surface area (Å²) in [6, 6.07) is 0. The number of ether oxygens (including phenoxy) is 1. The second-order valence-corrected chi connectivity index (χ2v) is 3.49. The van der Waals surface area contributed by atoms with Gasteiger partial charge < -0.3 is 20.1 Å². The smallest absolute Gasteiger partial charge is 0.333 e. The van der Waals surface area contributed by atoms with Gasteiger partial charge in [-0.3, -0.25) is 0 Å². The highest BCUT2D eigenvalue weighted by atomic mass is 16.6. The van der Waals surface area contributed by atoms with Crippen molar-refractivity contribution in [2.75, 3.05) is 0 Å². The molecule has 1 saturated heterocycles. The van der Waals surface area contributed by atoms with E-state index < -0.39 is 36.3 Å². The molecule has 0 unspecified atom stereocenters. The van der Waals surface area contributed by atoms with Crippen molar-refractivity contribution in [2.45, 2.75) is 32.3 Å². The Bertz CT molecular complexity index is 205. The summed E-state index contributed by atoms with van der Waals surface area (Å²) in [7, 11) is 0. The molecule has 0 saturated carbocycles. The summed E-state index contributed by atoms with van der Waals surface area (Å²) in [4.78, 5) is 10.6. The van der Waals surface area contributed by atoms with Crippen LogP contribution in [0.5, 0.6) is 0 Å². The first-order chi connectivity index (χ1) is 5.95. The molecule has 5 nitrogen and oxygen atoms in total. The van der Waals surface area contributed by atoms with E-state index in [0.717, 1.165) is 0 Å². The van der Waals surface area contributed by atoms with Gasteiger partial charge in [-0.1, -0.05) is 13.8 Å². The lowest BCUT2D eigenvalue weighted by Gasteiger charge is -2.38. The SMILES string of the molecule is C[C@@H]1[C@@H](O)[C@H](C)[C@@H](C(=O)O)O[C@H]1O. The van der Waals surface area contributed by atoms with Crippen molar-refractivity contribution in [2.24, 2.45) is 11.8 Å². The summed E-state index contributed by atoms with van der Waals surface area (Å²) in [5, 5.41) is 27.5. The summed E-state index contributed by atoms with van der Waals surface area (Å²) in [6.07, 6.45) is -3.17. The molecule has 0 aliphatic carbocycles. The second kappa shape index (κ2) is 3.61. The molecule has 0 radical (unpaired) electrons. The highest BCUT2D eigenvalue weighted by Gasteiger charge is 2.43. The van der Waals surface area contributed by atoms with E-state index in [0.29, 0.717) is 0 Å². The quantitative estimate of drug-likeness (QED) is 0.515. The molecule has 0 aromatic heterocycles. The Hall–Kier alpha value is -0.650. The molecule has 0 aromatic carbocycles. The van der Waals surface area contributed by atoms with Crippen molar-refractivity contribution < 1.29 is 24.9 Å². The molecule has 1 aliphatic rings. The van der Waals surface area contributed by atoms with E-state index in [1.807, 2.05) is 0 Å². The molecule has 1 aliphatic heterocycles. The summed E-state index contributed by atoms with van der Waals surface area (Å²) in [5.74, 6) is -2.11. The van der Waals surface area contributed by atoms with E-state index in [1.165, 1.54) is 0 Å². The van der Waals surface area contributed by atoms with Gasteiger partial charge in [-0.2, -0.15) is 0 Å². The normalized spacial score (nSPS) is 46.0. The van der Waals surface area contributed by atoms with Gasteiger partial charge in [-0.25, -0.2) is 4.79 Å². The molecule has 1 rings (SSSR count). The van der Waals surface area contributed by atoms with Crippen molar-refractivity contribution in [1.82, 2.24) is 0 Å². The van der Waals surface area contributed by atoms with Crippen LogP contribution in [0.25, 0.3) is 0 Å². The number of carboxylic acids is 1. The van der Waals surface area contributed by atoms with Gasteiger partial charge in [-0.15, -0.1) is 0 Å². The minimum Gasteiger partial charge on any atom is -0.479 e. The van der Waals surface area contributed by atoms with E-state index in [1.54, 1.807) is 13.8 Å². The number of carboxylic acid groups (broad SMARTS) is 1. The minimum absolute atomic E-state index is 0.453. The lowest BCUT2D eigenvalue weighted by molar-refractivity contribution is -0.244. The average molecular weight is 190 g/mol. The van der Waals surface area contributed by atoms with Crippen LogP contribution < -0.4 is 0 Å². The maximum Gasteiger partial charge on any atom is 0.333 e. The number of aliphatic hydroxyl groups excluding tert-OH is 2. The molecule has 0 aromatic rings. The largest absolute Gasteiger partial charge is 0.479 e. The molecule has 5 heteroatoms. The van der Waals surface area contributed by atoms with Crippen LogP contribution >= 0.6 is 0 Å². The molecule has 0 bridgehead atoms. The zero-order valence-corrected chi connectivity index (χ0v) is 7.54. The molecule has 1 heterocycles. The highest BCUT2D eigenvalue weighted by Crippen LogP contribution is 2.28. The van der Waals surface area contributed by atoms with Crippen LogP contribution in [0.1, 0.15) is 13.8 Å². The Morgan fingerprint density at radius 3 is 2.23 bits per heavy atom. The van der Waals surface area contributed by atoms with Crippen LogP contribution in [-0.2, 0) is 9.53 Å². The zero-order chi connectivity index (χ0) is 10.2. The Kier molecular flexibility index (Phi) is 2.90. The topological polar surface area (TPSA) is 87.0 Å². The third-order valence-corrected chi connectivity index (χ3v) is 2.53. The van der Waals surface area contributed by atoms with Gasteiger partial charge in [0.2, 0.25) is 0 Å². The predicted molar refractivity (Wildman–Crippen MR) is 42.9 cm³/mol. The summed E-state index contributed by atoms with van der Waals surface area (Å²) >= 11 is 0. The fourth-order valence-electron chi connectivity index (χ4n) is 1.51. The minimum atomic E-state index is -1.20. The predicted octanol–water partition coefficient (Wildman–Crippen LogP) is -0.579. The van der Waals surface area contributed by atoms with Crippen molar-refractivity contribution in [3.05, 3.63) is 0 Å². The average Bonchev–Trinajstić information content (AvgIpc) is 2.07. The lowest BCUT2D eigenvalue weighted by Crippen LogP contribution is -2.51. The second-order valence-electron chi connectivity index (χ2n) is 3.49. The van der Waals surface area contributed by atoms with Crippen LogP contribution in [0.15, 0.2) is 0 Å². The van der Waals surface area contributed by atoms with Crippen LogP contribution in [0.4, 0.5) is 0 Å². The van der Waals surface area contributed by atoms with Gasteiger partial charge >= 0.3 is 5.97 Å². The van der Waals surface area contributed by atoms with Crippen molar-refractivity contribution in [3.8, 4) is 0 Å². The molecular formula is C8H14O5. The van der Waals surface area contributed by atoms with Crippen molar-refractivity contribution in [1.29, 1.82) is 0 Å². The van der Waals surface area contributed by atoms with E-state index in [2.05, 4.69) is 0 Å². The molecule has 0 amide bonds. The highest BCUT2D eigenvalue weighted by molar-refractivity contribution is 5.72. The molecule has 0 spiro atoms. The summed E-state index contributed by atoms with van der Waals surface area (Å²) in [5.41, 5.74) is 0. The van der Waals surface area contributed by atoms with E-state index in [-0.39, 0.29) is 0 Å².